The highest BCUT2D eigenvalue weighted by atomic mass is 35.5. The third-order valence-electron chi connectivity index (χ3n) is 5.24. The zero-order chi connectivity index (χ0) is 15.1. The number of carbonyl (C=O) groups is 1. The van der Waals surface area contributed by atoms with Gasteiger partial charge in [0, 0.05) is 23.7 Å². The van der Waals surface area contributed by atoms with Gasteiger partial charge in [-0.15, -0.1) is 0 Å². The highest BCUT2D eigenvalue weighted by Crippen LogP contribution is 2.45. The Morgan fingerprint density at radius 3 is 2.43 bits per heavy atom. The van der Waals surface area contributed by atoms with Crippen LogP contribution in [0, 0.1) is 18.8 Å². The maximum atomic E-state index is 12.6. The van der Waals surface area contributed by atoms with Crippen molar-refractivity contribution in [2.45, 2.75) is 44.8 Å². The molecular formula is C17H22ClNO2. The van der Waals surface area contributed by atoms with Crippen molar-refractivity contribution in [3.05, 3.63) is 34.3 Å². The van der Waals surface area contributed by atoms with Crippen LogP contribution in [0.2, 0.25) is 5.02 Å². The van der Waals surface area contributed by atoms with Crippen LogP contribution in [-0.4, -0.2) is 35.1 Å². The van der Waals surface area contributed by atoms with Crippen molar-refractivity contribution in [1.82, 2.24) is 4.90 Å². The van der Waals surface area contributed by atoms with E-state index in [1.807, 2.05) is 24.9 Å². The van der Waals surface area contributed by atoms with Crippen molar-refractivity contribution in [3.63, 3.8) is 0 Å². The van der Waals surface area contributed by atoms with Crippen molar-refractivity contribution in [2.24, 2.45) is 11.8 Å². The van der Waals surface area contributed by atoms with Gasteiger partial charge in [-0.05, 0) is 68.2 Å². The number of halogens is 1. The fraction of sp³-hybridized carbons (Fsp3) is 0.588. The number of benzene rings is 1. The van der Waals surface area contributed by atoms with E-state index in [2.05, 4.69) is 0 Å². The Morgan fingerprint density at radius 1 is 1.24 bits per heavy atom. The molecule has 2 aliphatic carbocycles. The number of aliphatic hydroxyl groups excluding tert-OH is 1. The Kier molecular flexibility index (Phi) is 3.98. The topological polar surface area (TPSA) is 40.5 Å². The van der Waals surface area contributed by atoms with Gasteiger partial charge in [-0.3, -0.25) is 4.79 Å². The van der Waals surface area contributed by atoms with Crippen molar-refractivity contribution in [2.75, 3.05) is 7.05 Å². The average Bonchev–Trinajstić information content (AvgIpc) is 2.97. The van der Waals surface area contributed by atoms with Crippen LogP contribution < -0.4 is 0 Å². The van der Waals surface area contributed by atoms with Crippen molar-refractivity contribution in [1.29, 1.82) is 0 Å². The van der Waals surface area contributed by atoms with Crippen LogP contribution in [0.15, 0.2) is 18.2 Å². The number of aryl methyl sites for hydroxylation is 1. The van der Waals surface area contributed by atoms with Gasteiger partial charge in [0.1, 0.15) is 0 Å². The standard InChI is InChI=1S/C17H22ClNO2/c1-10-5-11(3-4-16(10)18)17(21)19(2)14-6-12-8-15(20)9-13(12)7-14/h3-5,12-15,20H,6-9H2,1-2H3/t12-,13+,14?,15?. The second-order valence-electron chi connectivity index (χ2n) is 6.65. The van der Waals surface area contributed by atoms with Crippen LogP contribution in [0.5, 0.6) is 0 Å². The molecule has 0 heterocycles. The molecule has 1 amide bonds. The van der Waals surface area contributed by atoms with Crippen LogP contribution in [0.25, 0.3) is 0 Å². The third-order valence-corrected chi connectivity index (χ3v) is 5.66. The monoisotopic (exact) mass is 307 g/mol. The molecule has 2 fully saturated rings. The Bertz CT molecular complexity index is 546. The number of fused-ring (bicyclic) bond motifs is 1. The first-order valence-electron chi connectivity index (χ1n) is 7.67. The molecule has 0 bridgehead atoms. The van der Waals surface area contributed by atoms with E-state index in [0.29, 0.717) is 28.5 Å². The Labute approximate surface area is 130 Å². The lowest BCUT2D eigenvalue weighted by atomic mass is 10.0. The molecule has 4 heteroatoms. The molecule has 114 valence electrons. The van der Waals surface area contributed by atoms with Gasteiger partial charge in [0.05, 0.1) is 6.10 Å². The molecule has 21 heavy (non-hydrogen) atoms. The summed E-state index contributed by atoms with van der Waals surface area (Å²) in [5.41, 5.74) is 1.64. The lowest BCUT2D eigenvalue weighted by Gasteiger charge is -2.26. The van der Waals surface area contributed by atoms with Gasteiger partial charge in [-0.2, -0.15) is 0 Å². The minimum atomic E-state index is -0.124. The van der Waals surface area contributed by atoms with Gasteiger partial charge < -0.3 is 10.0 Å². The van der Waals surface area contributed by atoms with E-state index in [-0.39, 0.29) is 12.0 Å². The Morgan fingerprint density at radius 2 is 1.86 bits per heavy atom. The van der Waals surface area contributed by atoms with Crippen LogP contribution in [0.4, 0.5) is 0 Å². The van der Waals surface area contributed by atoms with Gasteiger partial charge in [0.15, 0.2) is 0 Å². The molecule has 2 unspecified atom stereocenters. The largest absolute Gasteiger partial charge is 0.393 e. The van der Waals surface area contributed by atoms with Crippen LogP contribution in [0.3, 0.4) is 0 Å². The van der Waals surface area contributed by atoms with Crippen molar-refractivity contribution >= 4 is 17.5 Å². The zero-order valence-corrected chi connectivity index (χ0v) is 13.3. The predicted molar refractivity (Wildman–Crippen MR) is 83.5 cm³/mol. The van der Waals surface area contributed by atoms with E-state index in [4.69, 9.17) is 11.6 Å². The van der Waals surface area contributed by atoms with E-state index in [0.717, 1.165) is 31.2 Å². The average molecular weight is 308 g/mol. The number of hydrogen-bond donors (Lipinski definition) is 1. The maximum absolute atomic E-state index is 12.6. The van der Waals surface area contributed by atoms with Gasteiger partial charge in [0.25, 0.3) is 5.91 Å². The van der Waals surface area contributed by atoms with E-state index in [1.54, 1.807) is 12.1 Å². The summed E-state index contributed by atoms with van der Waals surface area (Å²) in [7, 11) is 1.90. The molecule has 4 atom stereocenters. The number of nitrogens with zero attached hydrogens (tertiary/aromatic N) is 1. The molecule has 2 saturated carbocycles. The first-order valence-corrected chi connectivity index (χ1v) is 8.05. The normalized spacial score (nSPS) is 31.2. The molecule has 1 aromatic rings. The lowest BCUT2D eigenvalue weighted by molar-refractivity contribution is 0.0722. The summed E-state index contributed by atoms with van der Waals surface area (Å²) in [6.45, 7) is 1.92. The first kappa shape index (κ1) is 14.9. The summed E-state index contributed by atoms with van der Waals surface area (Å²) < 4.78 is 0. The van der Waals surface area contributed by atoms with Gasteiger partial charge in [-0.25, -0.2) is 0 Å². The minimum absolute atomic E-state index is 0.0697. The Hall–Kier alpha value is -1.06. The fourth-order valence-corrected chi connectivity index (χ4v) is 4.13. The van der Waals surface area contributed by atoms with Gasteiger partial charge in [-0.1, -0.05) is 11.6 Å². The van der Waals surface area contributed by atoms with E-state index in [1.165, 1.54) is 0 Å². The zero-order valence-electron chi connectivity index (χ0n) is 12.6. The molecule has 0 saturated heterocycles. The number of rotatable bonds is 2. The smallest absolute Gasteiger partial charge is 0.253 e. The number of amides is 1. The van der Waals surface area contributed by atoms with Crippen molar-refractivity contribution < 1.29 is 9.90 Å². The molecule has 0 spiro atoms. The number of aliphatic hydroxyl groups is 1. The number of carbonyl (C=O) groups excluding carboxylic acids is 1. The lowest BCUT2D eigenvalue weighted by Crippen LogP contribution is -2.36. The molecule has 0 aliphatic heterocycles. The maximum Gasteiger partial charge on any atom is 0.253 e. The molecule has 1 aromatic carbocycles. The van der Waals surface area contributed by atoms with Crippen LogP contribution in [0.1, 0.15) is 41.6 Å². The Balaban J connectivity index is 1.69. The molecule has 3 nitrogen and oxygen atoms in total. The van der Waals surface area contributed by atoms with E-state index < -0.39 is 0 Å². The highest BCUT2D eigenvalue weighted by molar-refractivity contribution is 6.31. The predicted octanol–water partition coefficient (Wildman–Crippen LogP) is 3.27. The molecular weight excluding hydrogens is 286 g/mol. The van der Waals surface area contributed by atoms with Crippen LogP contribution in [-0.2, 0) is 0 Å². The summed E-state index contributed by atoms with van der Waals surface area (Å²) >= 11 is 6.02. The third kappa shape index (κ3) is 2.82. The summed E-state index contributed by atoms with van der Waals surface area (Å²) in [5, 5.41) is 10.4. The molecule has 0 radical (unpaired) electrons. The summed E-state index contributed by atoms with van der Waals surface area (Å²) in [4.78, 5) is 14.5. The summed E-state index contributed by atoms with van der Waals surface area (Å²) in [6.07, 6.45) is 3.74. The van der Waals surface area contributed by atoms with Crippen molar-refractivity contribution in [3.8, 4) is 0 Å². The minimum Gasteiger partial charge on any atom is -0.393 e. The molecule has 3 rings (SSSR count). The van der Waals surface area contributed by atoms with E-state index >= 15 is 0 Å². The van der Waals surface area contributed by atoms with Crippen LogP contribution >= 0.6 is 11.6 Å². The molecule has 0 aromatic heterocycles. The highest BCUT2D eigenvalue weighted by Gasteiger charge is 2.43. The summed E-state index contributed by atoms with van der Waals surface area (Å²) in [5.74, 6) is 1.25. The first-order chi connectivity index (χ1) is 9.95. The number of hydrogen-bond acceptors (Lipinski definition) is 2. The van der Waals surface area contributed by atoms with Gasteiger partial charge in [0.2, 0.25) is 0 Å². The fourth-order valence-electron chi connectivity index (χ4n) is 4.02. The van der Waals surface area contributed by atoms with E-state index in [9.17, 15) is 9.90 Å². The second-order valence-corrected chi connectivity index (χ2v) is 7.06. The molecule has 1 N–H and O–H groups in total. The SMILES string of the molecule is Cc1cc(C(=O)N(C)C2C[C@H]3CC(O)C[C@H]3C2)ccc1Cl. The summed E-state index contributed by atoms with van der Waals surface area (Å²) in [6, 6.07) is 5.75. The second kappa shape index (κ2) is 5.62. The molecule has 2 aliphatic rings. The van der Waals surface area contributed by atoms with Gasteiger partial charge >= 0.3 is 0 Å². The quantitative estimate of drug-likeness (QED) is 0.911.